The van der Waals surface area contributed by atoms with E-state index in [9.17, 15) is 19.2 Å². The molecule has 2 aliphatic heterocycles. The largest absolute Gasteiger partial charge is 0.313 e. The Bertz CT molecular complexity index is 1570. The Morgan fingerprint density at radius 2 is 0.706 bits per heavy atom. The third-order valence-electron chi connectivity index (χ3n) is 7.17. The van der Waals surface area contributed by atoms with Gasteiger partial charge >= 0.3 is 0 Å². The molecular weight excluding hydrogens is 432 g/mol. The van der Waals surface area contributed by atoms with Crippen LogP contribution in [0.1, 0.15) is 41.4 Å². The highest BCUT2D eigenvalue weighted by Gasteiger charge is 2.36. The fourth-order valence-corrected chi connectivity index (χ4v) is 5.70. The van der Waals surface area contributed by atoms with Gasteiger partial charge < -0.3 is 11.5 Å². The van der Waals surface area contributed by atoms with Crippen LogP contribution in [0, 0.1) is 0 Å². The Morgan fingerprint density at radius 3 is 0.941 bits per heavy atom. The molecule has 4 amide bonds. The van der Waals surface area contributed by atoms with E-state index in [1.54, 1.807) is 24.3 Å². The van der Waals surface area contributed by atoms with Crippen LogP contribution in [0.2, 0.25) is 0 Å². The molecule has 164 valence electrons. The standard InChI is InChI=1S/C26H16N4O4/c27-9-29-23(31)15-5-1-11-12-2-6-17-22-18(26(34)30(10-28)25(17)33)8-4-14(20(12)22)13-3-7-16(24(29)32)21(15)19(11)13/h1-8H,9-10,27-28H2. The summed E-state index contributed by atoms with van der Waals surface area (Å²) in [4.78, 5) is 54.1. The van der Waals surface area contributed by atoms with Crippen molar-refractivity contribution < 1.29 is 19.2 Å². The molecule has 0 aromatic heterocycles. The van der Waals surface area contributed by atoms with Crippen LogP contribution < -0.4 is 11.5 Å². The average Bonchev–Trinajstić information content (AvgIpc) is 2.85. The van der Waals surface area contributed by atoms with Crippen LogP contribution in [0.25, 0.3) is 43.1 Å². The number of imide groups is 2. The number of hydrogen-bond donors (Lipinski definition) is 2. The third kappa shape index (κ3) is 1.97. The summed E-state index contributed by atoms with van der Waals surface area (Å²) < 4.78 is 0. The highest BCUT2D eigenvalue weighted by atomic mass is 16.2. The predicted molar refractivity (Wildman–Crippen MR) is 127 cm³/mol. The second kappa shape index (κ2) is 6.13. The first-order valence-corrected chi connectivity index (χ1v) is 10.8. The second-order valence-corrected chi connectivity index (χ2v) is 8.58. The minimum absolute atomic E-state index is 0.197. The van der Waals surface area contributed by atoms with Gasteiger partial charge in [0.15, 0.2) is 0 Å². The van der Waals surface area contributed by atoms with Crippen molar-refractivity contribution in [2.75, 3.05) is 13.3 Å². The summed E-state index contributed by atoms with van der Waals surface area (Å²) in [6.07, 6.45) is 0. The van der Waals surface area contributed by atoms with E-state index in [0.717, 1.165) is 42.1 Å². The summed E-state index contributed by atoms with van der Waals surface area (Å²) in [6.45, 7) is -0.394. The number of nitrogens with two attached hydrogens (primary N) is 2. The molecule has 34 heavy (non-hydrogen) atoms. The Morgan fingerprint density at radius 1 is 0.441 bits per heavy atom. The van der Waals surface area contributed by atoms with Crippen molar-refractivity contribution in [3.05, 3.63) is 70.8 Å². The molecule has 0 fully saturated rings. The van der Waals surface area contributed by atoms with Gasteiger partial charge in [0.05, 0.1) is 13.3 Å². The summed E-state index contributed by atoms with van der Waals surface area (Å²) in [5.74, 6) is -1.67. The normalized spacial score (nSPS) is 15.7. The molecule has 0 unspecified atom stereocenters. The smallest absolute Gasteiger partial charge is 0.262 e. The lowest BCUT2D eigenvalue weighted by molar-refractivity contribution is 0.0599. The van der Waals surface area contributed by atoms with Crippen LogP contribution >= 0.6 is 0 Å². The first-order chi connectivity index (χ1) is 16.5. The zero-order valence-electron chi connectivity index (χ0n) is 17.7. The summed E-state index contributed by atoms with van der Waals surface area (Å²) in [5, 5.41) is 6.20. The van der Waals surface area contributed by atoms with E-state index in [1.165, 1.54) is 0 Å². The average molecular weight is 448 g/mol. The SMILES string of the molecule is NCN1C(=O)c2ccc3c4ccc5c6c(ccc(c7ccc(c2c37)C1=O)c64)C(=O)N(CN)C5=O. The number of fused-ring (bicyclic) bond motifs is 2. The van der Waals surface area contributed by atoms with Gasteiger partial charge in [-0.05, 0) is 56.6 Å². The lowest BCUT2D eigenvalue weighted by Crippen LogP contribution is -2.43. The van der Waals surface area contributed by atoms with Crippen molar-refractivity contribution in [1.82, 2.24) is 9.80 Å². The van der Waals surface area contributed by atoms with Gasteiger partial charge in [-0.25, -0.2) is 0 Å². The Hall–Kier alpha value is -4.40. The fraction of sp³-hybridized carbons (Fsp3) is 0.0769. The summed E-state index contributed by atoms with van der Waals surface area (Å²) in [5.41, 5.74) is 13.1. The van der Waals surface area contributed by atoms with Crippen LogP contribution in [0.4, 0.5) is 0 Å². The first kappa shape index (κ1) is 19.1. The zero-order chi connectivity index (χ0) is 23.5. The Labute approximate surface area is 191 Å². The van der Waals surface area contributed by atoms with E-state index in [0.29, 0.717) is 33.0 Å². The van der Waals surface area contributed by atoms with E-state index in [-0.39, 0.29) is 13.3 Å². The molecule has 8 nitrogen and oxygen atoms in total. The van der Waals surface area contributed by atoms with E-state index in [4.69, 9.17) is 11.5 Å². The molecule has 8 heteroatoms. The minimum Gasteiger partial charge on any atom is -0.313 e. The molecule has 0 radical (unpaired) electrons. The molecule has 0 atom stereocenters. The predicted octanol–water partition coefficient (Wildman–Crippen LogP) is 2.76. The molecule has 0 spiro atoms. The number of rotatable bonds is 2. The highest BCUT2D eigenvalue weighted by molar-refractivity contribution is 6.41. The van der Waals surface area contributed by atoms with Gasteiger partial charge in [0.1, 0.15) is 0 Å². The number of benzene rings is 5. The van der Waals surface area contributed by atoms with Crippen molar-refractivity contribution in [2.45, 2.75) is 0 Å². The first-order valence-electron chi connectivity index (χ1n) is 10.8. The maximum Gasteiger partial charge on any atom is 0.262 e. The van der Waals surface area contributed by atoms with Crippen molar-refractivity contribution in [3.63, 3.8) is 0 Å². The maximum atomic E-state index is 13.0. The Balaban J connectivity index is 1.70. The van der Waals surface area contributed by atoms with E-state index < -0.39 is 23.6 Å². The number of carbonyl (C=O) groups is 4. The molecule has 4 N–H and O–H groups in total. The van der Waals surface area contributed by atoms with E-state index >= 15 is 0 Å². The molecule has 0 aliphatic carbocycles. The molecule has 2 aliphatic rings. The van der Waals surface area contributed by atoms with Crippen molar-refractivity contribution >= 4 is 66.7 Å². The fourth-order valence-electron chi connectivity index (χ4n) is 5.70. The minimum atomic E-state index is -0.419. The van der Waals surface area contributed by atoms with Crippen molar-refractivity contribution in [2.24, 2.45) is 11.5 Å². The third-order valence-corrected chi connectivity index (χ3v) is 7.17. The lowest BCUT2D eigenvalue weighted by atomic mass is 9.82. The van der Waals surface area contributed by atoms with Crippen LogP contribution in [-0.4, -0.2) is 46.8 Å². The van der Waals surface area contributed by atoms with Gasteiger partial charge in [0.2, 0.25) is 0 Å². The molecule has 5 aromatic rings. The molecule has 7 rings (SSSR count). The molecule has 0 bridgehead atoms. The summed E-state index contributed by atoms with van der Waals surface area (Å²) >= 11 is 0. The summed E-state index contributed by atoms with van der Waals surface area (Å²) in [6, 6.07) is 14.3. The van der Waals surface area contributed by atoms with E-state index in [1.807, 2.05) is 24.3 Å². The van der Waals surface area contributed by atoms with E-state index in [2.05, 4.69) is 0 Å². The van der Waals surface area contributed by atoms with Gasteiger partial charge in [-0.15, -0.1) is 0 Å². The maximum absolute atomic E-state index is 13.0. The van der Waals surface area contributed by atoms with Crippen LogP contribution in [0.5, 0.6) is 0 Å². The van der Waals surface area contributed by atoms with Crippen LogP contribution in [0.15, 0.2) is 48.5 Å². The Kier molecular flexibility index (Phi) is 3.45. The zero-order valence-corrected chi connectivity index (χ0v) is 17.7. The molecule has 2 heterocycles. The van der Waals surface area contributed by atoms with Gasteiger partial charge in [-0.3, -0.25) is 29.0 Å². The molecule has 5 aromatic carbocycles. The second-order valence-electron chi connectivity index (χ2n) is 8.58. The molecule has 0 saturated carbocycles. The molecular formula is C26H16N4O4. The monoisotopic (exact) mass is 448 g/mol. The topological polar surface area (TPSA) is 127 Å². The quantitative estimate of drug-likeness (QED) is 0.243. The number of nitrogens with zero attached hydrogens (tertiary/aromatic N) is 2. The number of amides is 4. The number of carbonyl (C=O) groups excluding carboxylic acids is 4. The number of hydrogen-bond acceptors (Lipinski definition) is 6. The lowest BCUT2D eigenvalue weighted by Gasteiger charge is -2.29. The van der Waals surface area contributed by atoms with Gasteiger partial charge in [-0.1, -0.05) is 24.3 Å². The van der Waals surface area contributed by atoms with Crippen LogP contribution in [0.3, 0.4) is 0 Å². The highest BCUT2D eigenvalue weighted by Crippen LogP contribution is 2.46. The van der Waals surface area contributed by atoms with Gasteiger partial charge in [0, 0.05) is 33.0 Å². The van der Waals surface area contributed by atoms with Crippen LogP contribution in [-0.2, 0) is 0 Å². The molecule has 0 saturated heterocycles. The van der Waals surface area contributed by atoms with Gasteiger partial charge in [-0.2, -0.15) is 0 Å². The summed E-state index contributed by atoms with van der Waals surface area (Å²) in [7, 11) is 0. The van der Waals surface area contributed by atoms with Crippen molar-refractivity contribution in [1.29, 1.82) is 0 Å². The van der Waals surface area contributed by atoms with Crippen molar-refractivity contribution in [3.8, 4) is 0 Å². The van der Waals surface area contributed by atoms with Gasteiger partial charge in [0.25, 0.3) is 23.6 Å².